The number of hydrogen-bond acceptors (Lipinski definition) is 4. The molecule has 0 aliphatic carbocycles. The van der Waals surface area contributed by atoms with Gasteiger partial charge in [-0.1, -0.05) is 12.1 Å². The fourth-order valence-electron chi connectivity index (χ4n) is 3.84. The van der Waals surface area contributed by atoms with E-state index in [-0.39, 0.29) is 18.3 Å². The van der Waals surface area contributed by atoms with Gasteiger partial charge in [-0.2, -0.15) is 5.10 Å². The SMILES string of the molecule is CN=C(NCc1cccc(NC(=O)Cn2cccn2)c1)N1CCN(c2ccc(F)cc2)CC1. The van der Waals surface area contributed by atoms with Gasteiger partial charge in [-0.3, -0.25) is 14.5 Å². The van der Waals surface area contributed by atoms with Gasteiger partial charge in [-0.15, -0.1) is 0 Å². The van der Waals surface area contributed by atoms with E-state index in [1.54, 1.807) is 30.2 Å². The number of rotatable bonds is 6. The van der Waals surface area contributed by atoms with Crippen LogP contribution in [0.3, 0.4) is 0 Å². The highest BCUT2D eigenvalue weighted by atomic mass is 19.1. The minimum absolute atomic E-state index is 0.126. The van der Waals surface area contributed by atoms with Crippen LogP contribution in [0.1, 0.15) is 5.56 Å². The number of guanidine groups is 1. The summed E-state index contributed by atoms with van der Waals surface area (Å²) in [4.78, 5) is 21.1. The summed E-state index contributed by atoms with van der Waals surface area (Å²) in [7, 11) is 1.78. The number of carbonyl (C=O) groups excluding carboxylic acids is 1. The van der Waals surface area contributed by atoms with E-state index in [2.05, 4.69) is 30.5 Å². The first-order valence-corrected chi connectivity index (χ1v) is 10.9. The lowest BCUT2D eigenvalue weighted by atomic mass is 10.2. The molecule has 1 aliphatic rings. The summed E-state index contributed by atoms with van der Waals surface area (Å²) in [5.41, 5.74) is 2.82. The van der Waals surface area contributed by atoms with Crippen molar-refractivity contribution >= 4 is 23.2 Å². The zero-order valence-electron chi connectivity index (χ0n) is 18.6. The zero-order valence-corrected chi connectivity index (χ0v) is 18.6. The number of nitrogens with one attached hydrogen (secondary N) is 2. The zero-order chi connectivity index (χ0) is 23.0. The molecule has 1 amide bonds. The Balaban J connectivity index is 1.28. The van der Waals surface area contributed by atoms with Gasteiger partial charge < -0.3 is 20.4 Å². The minimum Gasteiger partial charge on any atom is -0.368 e. The number of halogens is 1. The van der Waals surface area contributed by atoms with Gasteiger partial charge in [0.15, 0.2) is 5.96 Å². The number of aromatic nitrogens is 2. The monoisotopic (exact) mass is 449 g/mol. The van der Waals surface area contributed by atoms with E-state index in [1.165, 1.54) is 12.1 Å². The van der Waals surface area contributed by atoms with Crippen molar-refractivity contribution in [3.63, 3.8) is 0 Å². The number of piperazine rings is 1. The number of amides is 1. The highest BCUT2D eigenvalue weighted by molar-refractivity contribution is 5.90. The van der Waals surface area contributed by atoms with Crippen LogP contribution in [-0.4, -0.2) is 59.8 Å². The number of carbonyl (C=O) groups is 1. The third-order valence-electron chi connectivity index (χ3n) is 5.51. The van der Waals surface area contributed by atoms with Crippen LogP contribution in [0.2, 0.25) is 0 Å². The van der Waals surface area contributed by atoms with E-state index >= 15 is 0 Å². The number of anilines is 2. The number of nitrogens with zero attached hydrogens (tertiary/aromatic N) is 5. The normalized spacial score (nSPS) is 14.3. The Bertz CT molecular complexity index is 1070. The van der Waals surface area contributed by atoms with E-state index in [9.17, 15) is 9.18 Å². The molecule has 1 aromatic heterocycles. The lowest BCUT2D eigenvalue weighted by Gasteiger charge is -2.37. The fourth-order valence-corrected chi connectivity index (χ4v) is 3.84. The molecular weight excluding hydrogens is 421 g/mol. The minimum atomic E-state index is -0.219. The first-order valence-electron chi connectivity index (χ1n) is 10.9. The van der Waals surface area contributed by atoms with Gasteiger partial charge in [0, 0.05) is 63.5 Å². The van der Waals surface area contributed by atoms with Crippen LogP contribution in [-0.2, 0) is 17.9 Å². The molecule has 0 saturated carbocycles. The lowest BCUT2D eigenvalue weighted by Crippen LogP contribution is -2.52. The van der Waals surface area contributed by atoms with Crippen molar-refractivity contribution in [2.45, 2.75) is 13.1 Å². The molecule has 4 rings (SSSR count). The average molecular weight is 450 g/mol. The van der Waals surface area contributed by atoms with Crippen molar-refractivity contribution in [3.8, 4) is 0 Å². The summed E-state index contributed by atoms with van der Waals surface area (Å²) in [6.07, 6.45) is 3.40. The van der Waals surface area contributed by atoms with Gasteiger partial charge in [0.2, 0.25) is 5.91 Å². The van der Waals surface area contributed by atoms with E-state index in [1.807, 2.05) is 36.4 Å². The van der Waals surface area contributed by atoms with Crippen LogP contribution in [0, 0.1) is 5.82 Å². The summed E-state index contributed by atoms with van der Waals surface area (Å²) in [5, 5.41) is 10.4. The summed E-state index contributed by atoms with van der Waals surface area (Å²) in [6, 6.07) is 16.2. The van der Waals surface area contributed by atoms with Gasteiger partial charge in [0.1, 0.15) is 12.4 Å². The van der Waals surface area contributed by atoms with E-state index in [0.717, 1.165) is 49.1 Å². The Hall–Kier alpha value is -3.88. The highest BCUT2D eigenvalue weighted by Gasteiger charge is 2.19. The Morgan fingerprint density at radius 1 is 1.09 bits per heavy atom. The second kappa shape index (κ2) is 10.6. The molecule has 0 bridgehead atoms. The first-order chi connectivity index (χ1) is 16.1. The van der Waals surface area contributed by atoms with Crippen molar-refractivity contribution in [1.29, 1.82) is 0 Å². The maximum atomic E-state index is 13.2. The summed E-state index contributed by atoms with van der Waals surface area (Å²) in [6.45, 7) is 4.08. The molecule has 9 heteroatoms. The quantitative estimate of drug-likeness (QED) is 0.447. The topological polar surface area (TPSA) is 77.8 Å². The lowest BCUT2D eigenvalue weighted by molar-refractivity contribution is -0.116. The summed E-state index contributed by atoms with van der Waals surface area (Å²) < 4.78 is 14.8. The maximum Gasteiger partial charge on any atom is 0.246 e. The molecule has 8 nitrogen and oxygen atoms in total. The predicted octanol–water partition coefficient (Wildman–Crippen LogP) is 2.56. The van der Waals surface area contributed by atoms with Gasteiger partial charge >= 0.3 is 0 Å². The third kappa shape index (κ3) is 6.09. The van der Waals surface area contributed by atoms with Crippen molar-refractivity contribution < 1.29 is 9.18 Å². The number of benzene rings is 2. The molecule has 33 heavy (non-hydrogen) atoms. The summed E-state index contributed by atoms with van der Waals surface area (Å²) >= 11 is 0. The van der Waals surface area contributed by atoms with Crippen molar-refractivity contribution in [2.24, 2.45) is 4.99 Å². The van der Waals surface area contributed by atoms with Gasteiger partial charge in [0.25, 0.3) is 0 Å². The Morgan fingerprint density at radius 3 is 2.58 bits per heavy atom. The molecule has 2 aromatic carbocycles. The molecule has 2 heterocycles. The molecule has 2 N–H and O–H groups in total. The third-order valence-corrected chi connectivity index (χ3v) is 5.51. The molecule has 3 aromatic rings. The molecule has 1 fully saturated rings. The van der Waals surface area contributed by atoms with E-state index < -0.39 is 0 Å². The molecule has 172 valence electrons. The molecule has 0 spiro atoms. The molecule has 0 unspecified atom stereocenters. The molecular formula is C24H28FN7O. The second-order valence-corrected chi connectivity index (χ2v) is 7.80. The first kappa shape index (κ1) is 22.3. The van der Waals surface area contributed by atoms with E-state index in [0.29, 0.717) is 6.54 Å². The summed E-state index contributed by atoms with van der Waals surface area (Å²) in [5.74, 6) is 0.490. The maximum absolute atomic E-state index is 13.2. The van der Waals surface area contributed by atoms with Gasteiger partial charge in [0.05, 0.1) is 0 Å². The molecule has 1 aliphatic heterocycles. The second-order valence-electron chi connectivity index (χ2n) is 7.80. The Kier molecular flexibility index (Phi) is 7.19. The van der Waals surface area contributed by atoms with Crippen LogP contribution in [0.25, 0.3) is 0 Å². The number of hydrogen-bond donors (Lipinski definition) is 2. The molecule has 0 radical (unpaired) electrons. The van der Waals surface area contributed by atoms with Crippen molar-refractivity contribution in [1.82, 2.24) is 20.0 Å². The molecule has 1 saturated heterocycles. The largest absolute Gasteiger partial charge is 0.368 e. The molecule has 0 atom stereocenters. The Labute approximate surface area is 192 Å². The predicted molar refractivity (Wildman–Crippen MR) is 128 cm³/mol. The fraction of sp³-hybridized carbons (Fsp3) is 0.292. The highest BCUT2D eigenvalue weighted by Crippen LogP contribution is 2.17. The number of aliphatic imine (C=N–C) groups is 1. The van der Waals surface area contributed by atoms with E-state index in [4.69, 9.17) is 0 Å². The van der Waals surface area contributed by atoms with Crippen LogP contribution in [0.15, 0.2) is 72.0 Å². The van der Waals surface area contributed by atoms with Crippen molar-refractivity contribution in [2.75, 3.05) is 43.4 Å². The standard InChI is InChI=1S/C24H28FN7O/c1-26-24(31-14-12-30(13-15-31)22-8-6-20(25)7-9-22)27-17-19-4-2-5-21(16-19)29-23(33)18-32-11-3-10-28-32/h2-11,16H,12-15,17-18H2,1H3,(H,26,27)(H,29,33). The van der Waals surface area contributed by atoms with Crippen LogP contribution < -0.4 is 15.5 Å². The smallest absolute Gasteiger partial charge is 0.246 e. The van der Waals surface area contributed by atoms with Crippen LogP contribution >= 0.6 is 0 Å². The van der Waals surface area contributed by atoms with Crippen LogP contribution in [0.4, 0.5) is 15.8 Å². The van der Waals surface area contributed by atoms with Gasteiger partial charge in [-0.25, -0.2) is 4.39 Å². The Morgan fingerprint density at radius 2 is 1.88 bits per heavy atom. The van der Waals surface area contributed by atoms with Gasteiger partial charge in [-0.05, 0) is 48.0 Å². The average Bonchev–Trinajstić information content (AvgIpc) is 3.33. The van der Waals surface area contributed by atoms with Crippen LogP contribution in [0.5, 0.6) is 0 Å². The van der Waals surface area contributed by atoms with Crippen molar-refractivity contribution in [3.05, 3.63) is 78.4 Å².